The second-order valence-electron chi connectivity index (χ2n) is 33.9. The molecule has 25 N–H and O–H groups in total. The van der Waals surface area contributed by atoms with Crippen molar-refractivity contribution in [1.29, 1.82) is 0 Å². The summed E-state index contributed by atoms with van der Waals surface area (Å²) >= 11 is 14.4. The van der Waals surface area contributed by atoms with Crippen molar-refractivity contribution in [2.45, 2.75) is 201 Å². The largest absolute Gasteiger partial charge is 0.508 e. The summed E-state index contributed by atoms with van der Waals surface area (Å²) in [6, 6.07) is 5.63. The number of halogens is 2. The van der Waals surface area contributed by atoms with E-state index in [1.807, 2.05) is 0 Å². The fraction of sp³-hybridized carbons (Fsp3) is 0.446. The summed E-state index contributed by atoms with van der Waals surface area (Å²) in [6.07, 6.45) is -14.5. The van der Waals surface area contributed by atoms with Crippen LogP contribution in [0.2, 0.25) is 10.0 Å². The Morgan fingerprint density at radius 2 is 1.17 bits per heavy atom. The Kier molecular flexibility index (Phi) is 33.4. The molecule has 7 aromatic rings. The molecule has 134 heavy (non-hydrogen) atoms. The van der Waals surface area contributed by atoms with Crippen LogP contribution in [0.15, 0.2) is 115 Å². The van der Waals surface area contributed by atoms with E-state index in [-0.39, 0.29) is 47.8 Å². The van der Waals surface area contributed by atoms with Crippen LogP contribution in [-0.2, 0) is 59.0 Å². The van der Waals surface area contributed by atoms with Gasteiger partial charge < -0.3 is 159 Å². The molecule has 2 saturated heterocycles. The van der Waals surface area contributed by atoms with Crippen molar-refractivity contribution in [3.05, 3.63) is 164 Å². The molecule has 8 aliphatic rings. The molecule has 0 aliphatic carbocycles. The lowest BCUT2D eigenvalue weighted by molar-refractivity contribution is -0.277. The Labute approximate surface area is 778 Å². The molecule has 17 bridgehead atoms. The van der Waals surface area contributed by atoms with Gasteiger partial charge in [0, 0.05) is 48.2 Å². The number of benzene rings is 7. The summed E-state index contributed by atoms with van der Waals surface area (Å²) in [5.41, 5.74) is 2.92. The molecule has 0 unspecified atom stereocenters. The molecule has 42 heteroatoms. The van der Waals surface area contributed by atoms with Crippen molar-refractivity contribution in [3.8, 4) is 80.1 Å². The van der Waals surface area contributed by atoms with E-state index in [2.05, 4.69) is 72.3 Å². The maximum Gasteiger partial charge on any atom is 0.335 e. The van der Waals surface area contributed by atoms with Gasteiger partial charge in [-0.3, -0.25) is 38.4 Å². The van der Waals surface area contributed by atoms with Crippen LogP contribution < -0.4 is 87.9 Å². The number of amides is 8. The van der Waals surface area contributed by atoms with Crippen LogP contribution in [-0.4, -0.2) is 241 Å². The monoisotopic (exact) mass is 1900 g/mol. The molecular formula is C92H110Cl2N12O28. The van der Waals surface area contributed by atoms with E-state index in [1.165, 1.54) is 49.5 Å². The van der Waals surface area contributed by atoms with Crippen LogP contribution in [0.5, 0.6) is 69.0 Å². The van der Waals surface area contributed by atoms with E-state index in [4.69, 9.17) is 62.1 Å². The summed E-state index contributed by atoms with van der Waals surface area (Å²) in [7, 11) is 1.43. The van der Waals surface area contributed by atoms with Crippen LogP contribution >= 0.6 is 23.2 Å². The van der Waals surface area contributed by atoms with Gasteiger partial charge in [0.25, 0.3) is 0 Å². The highest BCUT2D eigenvalue weighted by Gasteiger charge is 2.52. The van der Waals surface area contributed by atoms with Crippen molar-refractivity contribution in [3.63, 3.8) is 0 Å². The minimum Gasteiger partial charge on any atom is -0.508 e. The zero-order valence-electron chi connectivity index (χ0n) is 73.1. The average Bonchev–Trinajstić information content (AvgIpc) is 0.761. The van der Waals surface area contributed by atoms with E-state index in [9.17, 15) is 75.7 Å². The highest BCUT2D eigenvalue weighted by atomic mass is 35.5. The Hall–Kier alpha value is -12.0. The number of phenolic OH excluding ortho intramolecular Hbond substituents is 4. The van der Waals surface area contributed by atoms with Crippen molar-refractivity contribution >= 4 is 76.4 Å². The number of carbonyl (C=O) groups excluding carboxylic acids is 8. The van der Waals surface area contributed by atoms with Gasteiger partial charge in [-0.05, 0) is 178 Å². The van der Waals surface area contributed by atoms with Gasteiger partial charge >= 0.3 is 5.97 Å². The number of phenols is 4. The van der Waals surface area contributed by atoms with Gasteiger partial charge in [-0.2, -0.15) is 0 Å². The highest BCUT2D eigenvalue weighted by Crippen LogP contribution is 2.51. The summed E-state index contributed by atoms with van der Waals surface area (Å²) in [6.45, 7) is 5.98. The second kappa shape index (κ2) is 44.9. The maximum atomic E-state index is 16.9. The van der Waals surface area contributed by atoms with E-state index < -0.39 is 271 Å². The van der Waals surface area contributed by atoms with Gasteiger partial charge in [-0.25, -0.2) is 4.79 Å². The molecule has 18 atom stereocenters. The van der Waals surface area contributed by atoms with Crippen molar-refractivity contribution in [2.24, 2.45) is 11.7 Å². The molecule has 0 spiro atoms. The molecule has 720 valence electrons. The normalized spacial score (nSPS) is 25.2. The number of aromatic hydroxyl groups is 4. The van der Waals surface area contributed by atoms with E-state index in [1.54, 1.807) is 0 Å². The van der Waals surface area contributed by atoms with Crippen molar-refractivity contribution in [1.82, 2.24) is 58.5 Å². The molecule has 0 aromatic heterocycles. The quantitative estimate of drug-likeness (QED) is 0.0298. The van der Waals surface area contributed by atoms with Gasteiger partial charge in [0.05, 0.1) is 16.7 Å². The molecule has 15 rings (SSSR count). The summed E-state index contributed by atoms with van der Waals surface area (Å²) in [5.74, 6) is -17.5. The van der Waals surface area contributed by atoms with Crippen LogP contribution in [0.25, 0.3) is 11.1 Å². The number of fused-ring (bicyclic) bond motifs is 14. The molecule has 8 aliphatic heterocycles. The minimum absolute atomic E-state index is 0.119. The predicted molar refractivity (Wildman–Crippen MR) is 478 cm³/mol. The Bertz CT molecular complexity index is 5450. The van der Waals surface area contributed by atoms with Gasteiger partial charge in [-0.15, -0.1) is 0 Å². The SMILES string of the molecule is CN[C@@H]1C(=O)N[C@@H]2Cc3ccc(cc3)Oc3cc4cc(c3O[C@@H]3O[C@H](C(=O)O)[C@@H](O)[C@H](O)[C@H]3NC(=O)CCCCCCCCC(C)C)Oc3ccc(cc3Cl)[C@@H](O)[C@@H]3NC(=O)[C@H](NC(=O)[C@@H]4NC(=O)[C@@H](NC2=O)c2cc(cc(O)c2Cl)Oc2cc1ccc2O)c1ccc(O)c(c1)-c1c(O[C@H]2O[C@H](CO)[C@@H](O)[C@H](O)[C@@H]2O)cc(O)cc1[C@H](C(=O)NCCCNCCCNCCCN)NC3=O. The lowest BCUT2D eigenvalue weighted by atomic mass is 9.89. The number of aliphatic hydroxyl groups excluding tert-OH is 7. The standard InChI is InChI=1S/C92H110Cl2N12O28/c1-42(2)13-8-6-4-5-7-9-14-65(112)101-74-77(115)79(117)82(90(126)127)134-91(74)133-81-62-35-47-36-63(81)130-59-24-19-46(33-54(59)93)75(113)73-89(125)105-71(84(120)99-30-12-29-98-28-11-27-97-26-10-25-95)52-37-48(108)38-61(131-92-80(118)78(116)76(114)64(41-107)132-92)66(52)51-32-44(17-22-56(51)109)69(86(122)106-73)102-87(123)70(47)103-88(124)72-53-39-50(40-58(111)67(53)94)129-60-34-45(18-23-57(60)110)68(96-3)85(121)100-55(83(119)104-72)31-43-15-20-49(128-62)21-16-43/h15-24,32-40,42,55,64,68-80,82,91-92,96-98,107-111,113-118H,4-14,25-31,41,95H2,1-3H3,(H,99,120)(H,100,121)(H,101,112)(H,102,123)(H,103,124)(H,104,119)(H,105,125)(H,106,122)(H,126,127)/t55-,64-,68+,69-,70-,71-,72+,73+,74-,75-,76-,77-,78+,79+,80+,82+,91-,92+/m1/s1. The third-order valence-electron chi connectivity index (χ3n) is 23.8. The Morgan fingerprint density at radius 3 is 1.87 bits per heavy atom. The number of hydrogen-bond acceptors (Lipinski definition) is 31. The number of carboxylic acids is 1. The number of rotatable bonds is 29. The van der Waals surface area contributed by atoms with Gasteiger partial charge in [0.2, 0.25) is 65.6 Å². The van der Waals surface area contributed by atoms with Crippen LogP contribution in [0.4, 0.5) is 0 Å². The number of carboxylic acid groups (broad SMARTS) is 1. The van der Waals surface area contributed by atoms with Crippen LogP contribution in [0, 0.1) is 5.92 Å². The van der Waals surface area contributed by atoms with E-state index in [0.717, 1.165) is 124 Å². The fourth-order valence-electron chi connectivity index (χ4n) is 16.5. The first-order valence-electron chi connectivity index (χ1n) is 44.1. The van der Waals surface area contributed by atoms with Crippen LogP contribution in [0.3, 0.4) is 0 Å². The number of nitrogens with two attached hydrogens (primary N) is 1. The molecule has 0 radical (unpaired) electrons. The Balaban J connectivity index is 1.02. The molecule has 40 nitrogen and oxygen atoms in total. The molecular weight excluding hydrogens is 1790 g/mol. The first-order chi connectivity index (χ1) is 64.2. The third-order valence-corrected chi connectivity index (χ3v) is 24.5. The summed E-state index contributed by atoms with van der Waals surface area (Å²) in [4.78, 5) is 139. The number of carbonyl (C=O) groups is 9. The number of nitrogens with one attached hydrogen (secondary N) is 11. The number of unbranched alkanes of at least 4 members (excludes halogenated alkanes) is 5. The van der Waals surface area contributed by atoms with E-state index in [0.29, 0.717) is 50.5 Å². The Morgan fingerprint density at radius 1 is 0.537 bits per heavy atom. The zero-order valence-corrected chi connectivity index (χ0v) is 74.6. The smallest absolute Gasteiger partial charge is 0.335 e. The molecule has 2 fully saturated rings. The molecule has 8 heterocycles. The van der Waals surface area contributed by atoms with Crippen molar-refractivity contribution in [2.75, 3.05) is 52.9 Å². The minimum atomic E-state index is -2.46. The number of likely N-dealkylation sites (N-methyl/N-ethyl adjacent to an activating group) is 1. The third kappa shape index (κ3) is 23.5. The first-order valence-corrected chi connectivity index (χ1v) is 44.9. The number of aliphatic hydroxyl groups is 7. The van der Waals surface area contributed by atoms with E-state index >= 15 is 28.8 Å². The second-order valence-corrected chi connectivity index (χ2v) is 34.7. The first kappa shape index (κ1) is 99.5. The highest BCUT2D eigenvalue weighted by molar-refractivity contribution is 6.33. The molecule has 7 aromatic carbocycles. The lowest BCUT2D eigenvalue weighted by Gasteiger charge is -2.41. The van der Waals surface area contributed by atoms with Crippen LogP contribution in [0.1, 0.15) is 160 Å². The predicted octanol–water partition coefficient (Wildman–Crippen LogP) is 3.52. The lowest BCUT2D eigenvalue weighted by Crippen LogP contribution is -2.66. The summed E-state index contributed by atoms with van der Waals surface area (Å²) in [5, 5.41) is 168. The summed E-state index contributed by atoms with van der Waals surface area (Å²) < 4.78 is 44.6. The van der Waals surface area contributed by atoms with Gasteiger partial charge in [-0.1, -0.05) is 106 Å². The zero-order chi connectivity index (χ0) is 96.0. The number of hydrogen-bond donors (Lipinski definition) is 24. The van der Waals surface area contributed by atoms with Crippen molar-refractivity contribution < 1.29 is 138 Å². The molecule has 0 saturated carbocycles. The fourth-order valence-corrected chi connectivity index (χ4v) is 17.0. The van der Waals surface area contributed by atoms with Gasteiger partial charge in [0.15, 0.2) is 29.1 Å². The average molecular weight is 1900 g/mol. The molecule has 8 amide bonds. The van der Waals surface area contributed by atoms with Gasteiger partial charge in [0.1, 0.15) is 131 Å². The number of aliphatic carboxylic acids is 1. The topological polar surface area (TPSA) is 619 Å². The number of ether oxygens (including phenoxy) is 7. The maximum absolute atomic E-state index is 16.9.